The number of hydrogen-bond acceptors (Lipinski definition) is 24. The van der Waals surface area contributed by atoms with Crippen LogP contribution in [0.25, 0.3) is 54.5 Å². The molecule has 5 aromatic heterocycles. The van der Waals surface area contributed by atoms with Crippen LogP contribution in [0.5, 0.6) is 23.0 Å². The number of aromatic nitrogens is 5. The maximum absolute atomic E-state index is 15.3. The van der Waals surface area contributed by atoms with Gasteiger partial charge in [-0.05, 0) is 135 Å². The number of carbonyl (C=O) groups is 5. The lowest BCUT2D eigenvalue weighted by atomic mass is 9.94. The van der Waals surface area contributed by atoms with Crippen LogP contribution in [-0.2, 0) is 0 Å². The van der Waals surface area contributed by atoms with E-state index < -0.39 is 86.1 Å². The van der Waals surface area contributed by atoms with Crippen molar-refractivity contribution < 1.29 is 95.9 Å². The number of pyridine rings is 5. The van der Waals surface area contributed by atoms with Gasteiger partial charge in [0.05, 0.1) is 81.1 Å². The highest BCUT2D eigenvalue weighted by molar-refractivity contribution is 6.02. The van der Waals surface area contributed by atoms with Crippen molar-refractivity contribution in [2.75, 3.05) is 184 Å². The summed E-state index contributed by atoms with van der Waals surface area (Å²) in [4.78, 5) is 134. The zero-order valence-electron chi connectivity index (χ0n) is 75.3. The summed E-state index contributed by atoms with van der Waals surface area (Å²) in [5.74, 6) is -7.50. The number of nitrogens with zero attached hydrogens (tertiary/aromatic N) is 12. The Kier molecular flexibility index (Phi) is 29.2. The van der Waals surface area contributed by atoms with Crippen LogP contribution < -0.4 is 86.5 Å². The molecule has 135 heavy (non-hydrogen) atoms. The molecule has 724 valence electrons. The largest absolute Gasteiger partial charge is 0.492 e. The molecule has 0 amide bonds. The molecule has 42 heteroatoms. The number of halogens is 7. The number of carboxylic acid groups (broad SMARTS) is 5. The molecule has 11 aliphatic rings. The number of hydrogen-bond donors (Lipinski definition) is 8. The summed E-state index contributed by atoms with van der Waals surface area (Å²) in [6.07, 6.45) is 14.5. The molecule has 0 bridgehead atoms. The van der Waals surface area contributed by atoms with E-state index in [0.717, 1.165) is 128 Å². The van der Waals surface area contributed by atoms with Crippen LogP contribution in [0.3, 0.4) is 0 Å². The van der Waals surface area contributed by atoms with Gasteiger partial charge in [0.25, 0.3) is 0 Å². The minimum Gasteiger partial charge on any atom is -0.492 e. The summed E-state index contributed by atoms with van der Waals surface area (Å²) in [6, 6.07) is 8.13. The highest BCUT2D eigenvalue weighted by Crippen LogP contribution is 2.49. The summed E-state index contributed by atoms with van der Waals surface area (Å²) in [5.41, 5.74) is -0.681. The van der Waals surface area contributed by atoms with E-state index in [4.69, 9.17) is 18.9 Å². The predicted molar refractivity (Wildman–Crippen MR) is 503 cm³/mol. The third kappa shape index (κ3) is 18.9. The van der Waals surface area contributed by atoms with Crippen LogP contribution >= 0.6 is 24.8 Å². The first kappa shape index (κ1) is 98.7. The van der Waals surface area contributed by atoms with Crippen molar-refractivity contribution in [3.8, 4) is 23.0 Å². The quantitative estimate of drug-likeness (QED) is 0.0443. The Hall–Kier alpha value is -12.3. The number of rotatable bonds is 15. The molecule has 35 nitrogen and oxygen atoms in total. The molecule has 13 heterocycles. The van der Waals surface area contributed by atoms with Crippen molar-refractivity contribution in [1.82, 2.24) is 48.6 Å². The number of ether oxygens (including phenoxy) is 4. The van der Waals surface area contributed by atoms with Gasteiger partial charge in [-0.25, -0.2) is 45.9 Å². The van der Waals surface area contributed by atoms with Gasteiger partial charge in [0.1, 0.15) is 69.6 Å². The van der Waals surface area contributed by atoms with Gasteiger partial charge in [-0.2, -0.15) is 0 Å². The summed E-state index contributed by atoms with van der Waals surface area (Å²) < 4.78 is 107. The van der Waals surface area contributed by atoms with Crippen molar-refractivity contribution in [3.05, 3.63) is 175 Å². The number of piperidine rings is 1. The molecule has 0 spiro atoms. The minimum absolute atomic E-state index is 0. The zero-order valence-corrected chi connectivity index (χ0v) is 76.9. The summed E-state index contributed by atoms with van der Waals surface area (Å²) in [7, 11) is 6.96. The number of likely N-dealkylation sites (N-methyl/N-ethyl adjacent to an activating group) is 2. The lowest BCUT2D eigenvalue weighted by Gasteiger charge is -2.37. The molecular formula is C93H108Cl2F5N15O20. The van der Waals surface area contributed by atoms with Crippen LogP contribution in [0.4, 0.5) is 50.4 Å². The van der Waals surface area contributed by atoms with Crippen LogP contribution in [0.15, 0.2) is 91.4 Å². The molecule has 3 saturated carbocycles. The summed E-state index contributed by atoms with van der Waals surface area (Å²) in [6.45, 7) is 19.5. The van der Waals surface area contributed by atoms with Crippen molar-refractivity contribution in [1.29, 1.82) is 0 Å². The number of fused-ring (bicyclic) bond motifs is 4. The average Bonchev–Trinajstić information content (AvgIpc) is 1.70. The SMILES string of the molecule is CC1COc2c(N3CCN(C)CC3)c(F)cc3c(=O)c(C(=O)O)cn1c23.COc1c(N2CCNC(C)C2)c(F)cc2c(=O)c(C(=O)O)cn(C3CC3)c12.COc1c(N2C[C@@H]3CCCN[C@@H]3C2)c(F)cc2c(=O)c(C(=O)O)cn(C3CC3)c12.C[C@H]1COc2c(N3CCN(C)CC3)c(F)cc3c(=O)c(C(=O)O)cn1c23.Cl.Cl.O.O=C(O)c1cn(C2CC2)c2cc(N3CCNCC3)c(F)cc2c1=O. The van der Waals surface area contributed by atoms with Gasteiger partial charge in [0, 0.05) is 178 Å². The molecule has 5 atom stereocenters. The molecule has 2 unspecified atom stereocenters. The Morgan fingerprint density at radius 2 is 0.756 bits per heavy atom. The van der Waals surface area contributed by atoms with Crippen molar-refractivity contribution in [2.45, 2.75) is 114 Å². The fraction of sp³-hybridized carbons (Fsp3) is 0.462. The van der Waals surface area contributed by atoms with Crippen LogP contribution in [0.2, 0.25) is 0 Å². The van der Waals surface area contributed by atoms with Crippen molar-refractivity contribution in [2.24, 2.45) is 5.92 Å². The van der Waals surface area contributed by atoms with Crippen LogP contribution in [0.1, 0.15) is 154 Å². The third-order valence-corrected chi connectivity index (χ3v) is 26.9. The lowest BCUT2D eigenvalue weighted by Crippen LogP contribution is -2.49. The fourth-order valence-corrected chi connectivity index (χ4v) is 19.5. The van der Waals surface area contributed by atoms with E-state index >= 15 is 8.78 Å². The molecule has 3 aliphatic carbocycles. The number of carboxylic acids is 5. The second kappa shape index (κ2) is 39.9. The predicted octanol–water partition coefficient (Wildman–Crippen LogP) is 9.04. The Bertz CT molecular complexity index is 6540. The van der Waals surface area contributed by atoms with Gasteiger partial charge in [-0.15, -0.1) is 24.8 Å². The summed E-state index contributed by atoms with van der Waals surface area (Å²) in [5, 5.41) is 57.1. The average molecular weight is 1920 g/mol. The second-order valence-electron chi connectivity index (χ2n) is 35.9. The van der Waals surface area contributed by atoms with Crippen molar-refractivity contribution >= 4 is 138 Å². The van der Waals surface area contributed by atoms with Gasteiger partial charge < -0.3 is 123 Å². The fourth-order valence-electron chi connectivity index (χ4n) is 19.5. The van der Waals surface area contributed by atoms with Crippen LogP contribution in [-0.4, -0.2) is 265 Å². The molecule has 9 fully saturated rings. The van der Waals surface area contributed by atoms with Gasteiger partial charge in [0.15, 0.2) is 46.3 Å². The highest BCUT2D eigenvalue weighted by Gasteiger charge is 2.42. The van der Waals surface area contributed by atoms with Gasteiger partial charge >= 0.3 is 29.8 Å². The van der Waals surface area contributed by atoms with Crippen LogP contribution in [0, 0.1) is 35.0 Å². The topological polar surface area (TPSA) is 424 Å². The van der Waals surface area contributed by atoms with Gasteiger partial charge in [-0.3, -0.25) is 24.0 Å². The monoisotopic (exact) mass is 1920 g/mol. The number of methoxy groups -OCH3 is 2. The van der Waals surface area contributed by atoms with E-state index in [0.29, 0.717) is 150 Å². The van der Waals surface area contributed by atoms with Gasteiger partial charge in [0.2, 0.25) is 27.1 Å². The Morgan fingerprint density at radius 3 is 1.15 bits per heavy atom. The number of aromatic carboxylic acids is 5. The van der Waals surface area contributed by atoms with E-state index in [2.05, 4.69) is 25.8 Å². The van der Waals surface area contributed by atoms with E-state index in [9.17, 15) is 86.6 Å². The highest BCUT2D eigenvalue weighted by atomic mass is 35.5. The van der Waals surface area contributed by atoms with E-state index in [1.54, 1.807) is 24.3 Å². The number of piperazine rings is 4. The summed E-state index contributed by atoms with van der Waals surface area (Å²) >= 11 is 0. The first-order chi connectivity index (χ1) is 63.2. The number of benzene rings is 5. The first-order valence-electron chi connectivity index (χ1n) is 44.6. The lowest BCUT2D eigenvalue weighted by molar-refractivity contribution is 0.0683. The third-order valence-electron chi connectivity index (χ3n) is 26.9. The van der Waals surface area contributed by atoms with Gasteiger partial charge in [-0.1, -0.05) is 0 Å². The second-order valence-corrected chi connectivity index (χ2v) is 35.9. The molecule has 10 N–H and O–H groups in total. The molecule has 5 aromatic carbocycles. The standard InChI is InChI=1S/C21H24FN3O4.C19H22FN3O4.2C18H20FN3O4.C17H18FN3O3.2ClH.H2O/c1-29-20-17-13(19(26)14(21(27)28)9-25(17)12-4-5-12)7-15(22)18(20)24-8-11-3-2-6-23-16(11)10-24;1-10-8-22(6-5-21-10)16-14(20)7-12-15(18(16)27-2)23(11-3-4-11)9-13(17(12)24)19(25)26;2*1-10-9-26-17-14-11(16(23)12(18(24)25)8-22(10)14)7-13(19)15(17)21-5-3-20(2)4-6-21;18-13-7-11-14(8-15(13)20-5-3-19-4-6-20)21(10-1-2-10)9-12(16(11)22)17(23)24;;;/h7,9,11-12,16,23H,2-6,8,10H2,1H3,(H,27,28);7,9-11,21H,3-6,8H2,1-2H3,(H,25,26);2*7-8,10H,3-6,9H2,1-2H3,(H,24,25);7-10,19H,1-6H2,(H,23,24);2*1H;1H2/t11-,16+;;10-;;;;;/m0.0...../s1. The zero-order chi connectivity index (χ0) is 93.6. The Labute approximate surface area is 780 Å². The Balaban J connectivity index is 0.000000135. The maximum atomic E-state index is 15.3. The maximum Gasteiger partial charge on any atom is 0.341 e. The van der Waals surface area contributed by atoms with Crippen molar-refractivity contribution in [3.63, 3.8) is 0 Å². The number of anilines is 5. The molecule has 8 aliphatic heterocycles. The number of nitrogens with one attached hydrogen (secondary N) is 3. The van der Waals surface area contributed by atoms with E-state index in [1.165, 1.54) is 57.3 Å². The molecular weight excluding hydrogens is 1810 g/mol. The first-order valence-corrected chi connectivity index (χ1v) is 44.6. The molecule has 21 rings (SSSR count). The molecule has 6 saturated heterocycles. The molecule has 10 aromatic rings. The van der Waals surface area contributed by atoms with E-state index in [1.807, 2.05) is 63.9 Å². The molecule has 0 radical (unpaired) electrons. The Morgan fingerprint density at radius 1 is 0.393 bits per heavy atom. The minimum atomic E-state index is -1.32. The van der Waals surface area contributed by atoms with E-state index in [-0.39, 0.29) is 135 Å². The normalized spacial score (nSPS) is 20.2. The smallest absolute Gasteiger partial charge is 0.341 e.